The lowest BCUT2D eigenvalue weighted by Gasteiger charge is -2.19. The molecule has 1 aliphatic carbocycles. The lowest BCUT2D eigenvalue weighted by Crippen LogP contribution is -2.25. The zero-order chi connectivity index (χ0) is 28.7. The Kier molecular flexibility index (Phi) is 7.45. The molecule has 2 aliphatic rings. The monoisotopic (exact) mass is 560 g/mol. The van der Waals surface area contributed by atoms with E-state index in [4.69, 9.17) is 18.9 Å². The molecular weight excluding hydrogens is 532 g/mol. The van der Waals surface area contributed by atoms with E-state index in [0.717, 1.165) is 6.07 Å². The summed E-state index contributed by atoms with van der Waals surface area (Å²) < 4.78 is 78.5. The maximum absolute atomic E-state index is 14.0. The van der Waals surface area contributed by atoms with Crippen LogP contribution in [0, 0.1) is 12.7 Å². The molecule has 1 N–H and O–H groups in total. The Morgan fingerprint density at radius 1 is 1.12 bits per heavy atom. The van der Waals surface area contributed by atoms with Crippen LogP contribution in [0.3, 0.4) is 0 Å². The van der Waals surface area contributed by atoms with Gasteiger partial charge in [-0.3, -0.25) is 4.79 Å². The number of pyridine rings is 1. The Hall–Kier alpha value is -3.70. The van der Waals surface area contributed by atoms with Gasteiger partial charge < -0.3 is 24.3 Å². The van der Waals surface area contributed by atoms with E-state index in [1.54, 1.807) is 20.8 Å². The van der Waals surface area contributed by atoms with Crippen molar-refractivity contribution in [2.75, 3.05) is 18.5 Å². The molecule has 5 rings (SSSR count). The van der Waals surface area contributed by atoms with Gasteiger partial charge in [-0.15, -0.1) is 0 Å². The van der Waals surface area contributed by atoms with Gasteiger partial charge in [-0.1, -0.05) is 0 Å². The Bertz CT molecular complexity index is 1420. The molecule has 1 aromatic heterocycles. The fourth-order valence-electron chi connectivity index (χ4n) is 4.47. The third-order valence-corrected chi connectivity index (χ3v) is 6.55. The summed E-state index contributed by atoms with van der Waals surface area (Å²) in [6.45, 7) is 5.68. The molecule has 212 valence electrons. The lowest BCUT2D eigenvalue weighted by molar-refractivity contribution is -0.141. The molecule has 7 nitrogen and oxygen atoms in total. The van der Waals surface area contributed by atoms with Crippen molar-refractivity contribution in [2.24, 2.45) is 0 Å². The highest BCUT2D eigenvalue weighted by Gasteiger charge is 2.40. The maximum atomic E-state index is 14.0. The lowest BCUT2D eigenvalue weighted by atomic mass is 9.98. The molecule has 1 saturated heterocycles. The third kappa shape index (κ3) is 6.53. The normalized spacial score (nSPS) is 18.4. The molecular formula is C29H28F4N2O5. The van der Waals surface area contributed by atoms with Crippen molar-refractivity contribution in [1.29, 1.82) is 0 Å². The fourth-order valence-corrected chi connectivity index (χ4v) is 4.47. The molecule has 40 heavy (non-hydrogen) atoms. The summed E-state index contributed by atoms with van der Waals surface area (Å²) in [6, 6.07) is 8.80. The number of nitrogens with zero attached hydrogens (tertiary/aromatic N) is 1. The van der Waals surface area contributed by atoms with Crippen molar-refractivity contribution < 1.29 is 41.3 Å². The number of amides is 1. The van der Waals surface area contributed by atoms with Crippen LogP contribution in [-0.4, -0.2) is 36.0 Å². The van der Waals surface area contributed by atoms with Gasteiger partial charge in [0.15, 0.2) is 5.79 Å². The second kappa shape index (κ2) is 10.7. The number of carbonyl (C=O) groups is 1. The number of aryl methyl sites for hydroxylation is 1. The van der Waals surface area contributed by atoms with Gasteiger partial charge in [0.2, 0.25) is 5.88 Å². The Balaban J connectivity index is 1.41. The molecule has 1 saturated carbocycles. The molecule has 0 spiro atoms. The van der Waals surface area contributed by atoms with Gasteiger partial charge in [-0.05, 0) is 87.1 Å². The van der Waals surface area contributed by atoms with Gasteiger partial charge in [0, 0.05) is 18.0 Å². The van der Waals surface area contributed by atoms with Crippen molar-refractivity contribution >= 4 is 11.6 Å². The Labute approximate surface area is 228 Å². The van der Waals surface area contributed by atoms with Crippen LogP contribution in [-0.2, 0) is 15.7 Å². The molecule has 11 heteroatoms. The van der Waals surface area contributed by atoms with E-state index >= 15 is 0 Å². The SMILES string of the molecule is Cc1cc(F)ccc1Oc1cc(C2CC2)c(C(F)(F)F)cc1C(=O)Nc1ccnc(OCC2COC(C)(C)O2)c1. The summed E-state index contributed by atoms with van der Waals surface area (Å²) in [4.78, 5) is 17.5. The van der Waals surface area contributed by atoms with E-state index < -0.39 is 29.3 Å². The topological polar surface area (TPSA) is 78.9 Å². The van der Waals surface area contributed by atoms with E-state index in [1.165, 1.54) is 42.6 Å². The van der Waals surface area contributed by atoms with Crippen LogP contribution in [0.4, 0.5) is 23.2 Å². The highest BCUT2D eigenvalue weighted by Crippen LogP contribution is 2.48. The first-order valence-electron chi connectivity index (χ1n) is 12.8. The first-order chi connectivity index (χ1) is 18.9. The van der Waals surface area contributed by atoms with Crippen molar-refractivity contribution in [3.63, 3.8) is 0 Å². The zero-order valence-electron chi connectivity index (χ0n) is 22.1. The van der Waals surface area contributed by atoms with Crippen LogP contribution < -0.4 is 14.8 Å². The van der Waals surface area contributed by atoms with Crippen molar-refractivity contribution in [2.45, 2.75) is 57.6 Å². The minimum absolute atomic E-state index is 0.0614. The predicted molar refractivity (Wildman–Crippen MR) is 137 cm³/mol. The Morgan fingerprint density at radius 3 is 2.55 bits per heavy atom. The van der Waals surface area contributed by atoms with Crippen LogP contribution >= 0.6 is 0 Å². The molecule has 2 heterocycles. The molecule has 1 aliphatic heterocycles. The minimum atomic E-state index is -4.67. The average Bonchev–Trinajstić information content (AvgIpc) is 3.66. The van der Waals surface area contributed by atoms with Crippen LogP contribution in [0.2, 0.25) is 0 Å². The predicted octanol–water partition coefficient (Wildman–Crippen LogP) is 7.00. The van der Waals surface area contributed by atoms with Crippen LogP contribution in [0.1, 0.15) is 59.7 Å². The summed E-state index contributed by atoms with van der Waals surface area (Å²) in [5, 5.41) is 2.61. The maximum Gasteiger partial charge on any atom is 0.416 e. The Morgan fingerprint density at radius 2 is 1.90 bits per heavy atom. The molecule has 3 aromatic rings. The number of halogens is 4. The van der Waals surface area contributed by atoms with Gasteiger partial charge in [-0.2, -0.15) is 13.2 Å². The summed E-state index contributed by atoms with van der Waals surface area (Å²) in [5.74, 6) is -1.95. The first-order valence-corrected chi connectivity index (χ1v) is 12.8. The van der Waals surface area contributed by atoms with E-state index in [9.17, 15) is 22.4 Å². The van der Waals surface area contributed by atoms with E-state index in [1.807, 2.05) is 0 Å². The molecule has 0 radical (unpaired) electrons. The number of rotatable bonds is 8. The number of hydrogen-bond acceptors (Lipinski definition) is 6. The summed E-state index contributed by atoms with van der Waals surface area (Å²) in [7, 11) is 0. The molecule has 0 bridgehead atoms. The minimum Gasteiger partial charge on any atom is -0.475 e. The standard InChI is InChI=1S/C29H28F4N2O5/c1-16-10-18(30)6-7-24(16)39-25-13-21(17-4-5-17)23(29(31,32)33)12-22(25)27(36)35-19-8-9-34-26(11-19)37-14-20-15-38-28(2,3)40-20/h6-13,17,20H,4-5,14-15H2,1-3H3,(H,34,35,36). The molecule has 1 amide bonds. The second-order valence-corrected chi connectivity index (χ2v) is 10.3. The van der Waals surface area contributed by atoms with Gasteiger partial charge in [-0.25, -0.2) is 9.37 Å². The number of carbonyl (C=O) groups excluding carboxylic acids is 1. The molecule has 1 atom stereocenters. The summed E-state index contributed by atoms with van der Waals surface area (Å²) in [6.07, 6.45) is -2.36. The van der Waals surface area contributed by atoms with Crippen molar-refractivity contribution in [1.82, 2.24) is 4.98 Å². The number of benzene rings is 2. The highest BCUT2D eigenvalue weighted by atomic mass is 19.4. The van der Waals surface area contributed by atoms with E-state index in [-0.39, 0.29) is 52.8 Å². The molecule has 2 aromatic carbocycles. The quantitative estimate of drug-likeness (QED) is 0.299. The largest absolute Gasteiger partial charge is 0.475 e. The summed E-state index contributed by atoms with van der Waals surface area (Å²) >= 11 is 0. The van der Waals surface area contributed by atoms with Crippen LogP contribution in [0.25, 0.3) is 0 Å². The van der Waals surface area contributed by atoms with Gasteiger partial charge in [0.25, 0.3) is 5.91 Å². The van der Waals surface area contributed by atoms with E-state index in [0.29, 0.717) is 25.0 Å². The smallest absolute Gasteiger partial charge is 0.416 e. The van der Waals surface area contributed by atoms with Gasteiger partial charge >= 0.3 is 6.18 Å². The highest BCUT2D eigenvalue weighted by molar-refractivity contribution is 6.06. The van der Waals surface area contributed by atoms with Crippen LogP contribution in [0.5, 0.6) is 17.4 Å². The second-order valence-electron chi connectivity index (χ2n) is 10.3. The molecule has 2 fully saturated rings. The zero-order valence-corrected chi connectivity index (χ0v) is 22.1. The number of nitrogens with one attached hydrogen (secondary N) is 1. The van der Waals surface area contributed by atoms with Crippen molar-refractivity contribution in [3.05, 3.63) is 76.7 Å². The van der Waals surface area contributed by atoms with E-state index in [2.05, 4.69) is 10.3 Å². The van der Waals surface area contributed by atoms with Crippen LogP contribution in [0.15, 0.2) is 48.7 Å². The molecule has 1 unspecified atom stereocenters. The summed E-state index contributed by atoms with van der Waals surface area (Å²) in [5.41, 5.74) is -0.459. The first kappa shape index (κ1) is 27.9. The number of alkyl halides is 3. The number of ether oxygens (including phenoxy) is 4. The third-order valence-electron chi connectivity index (χ3n) is 6.55. The number of hydrogen-bond donors (Lipinski definition) is 1. The number of anilines is 1. The fraction of sp³-hybridized carbons (Fsp3) is 0.379. The number of aromatic nitrogens is 1. The van der Waals surface area contributed by atoms with Gasteiger partial charge in [0.1, 0.15) is 30.0 Å². The van der Waals surface area contributed by atoms with Gasteiger partial charge in [0.05, 0.1) is 17.7 Å². The van der Waals surface area contributed by atoms with Crippen molar-refractivity contribution in [3.8, 4) is 17.4 Å². The average molecular weight is 561 g/mol.